The van der Waals surface area contributed by atoms with Crippen molar-refractivity contribution in [2.75, 3.05) is 0 Å². The number of carbonyl (C=O) groups excluding carboxylic acids is 1. The minimum absolute atomic E-state index is 0.0562. The van der Waals surface area contributed by atoms with Gasteiger partial charge < -0.3 is 10.4 Å². The predicted octanol–water partition coefficient (Wildman–Crippen LogP) is 3.79. The summed E-state index contributed by atoms with van der Waals surface area (Å²) in [6, 6.07) is 12.5. The van der Waals surface area contributed by atoms with Crippen molar-refractivity contribution in [1.29, 1.82) is 0 Å². The number of hydrogen-bond acceptors (Lipinski definition) is 2. The molecule has 0 saturated carbocycles. The smallest absolute Gasteiger partial charge is 0.255 e. The van der Waals surface area contributed by atoms with E-state index in [0.717, 1.165) is 22.0 Å². The third-order valence-electron chi connectivity index (χ3n) is 3.66. The molecule has 0 aliphatic heterocycles. The summed E-state index contributed by atoms with van der Waals surface area (Å²) >= 11 is 9.61. The van der Waals surface area contributed by atoms with Crippen LogP contribution in [-0.4, -0.2) is 16.4 Å². The second kappa shape index (κ2) is 5.70. The molecule has 0 aromatic heterocycles. The second-order valence-corrected chi connectivity index (χ2v) is 6.51. The summed E-state index contributed by atoms with van der Waals surface area (Å²) in [6.45, 7) is 0. The van der Waals surface area contributed by atoms with Gasteiger partial charge in [-0.3, -0.25) is 4.79 Å². The van der Waals surface area contributed by atoms with E-state index in [1.807, 2.05) is 24.3 Å². The van der Waals surface area contributed by atoms with Gasteiger partial charge in [0, 0.05) is 4.47 Å². The van der Waals surface area contributed by atoms with Crippen LogP contribution < -0.4 is 5.32 Å². The monoisotopic (exact) mass is 365 g/mol. The molecule has 1 aliphatic rings. The van der Waals surface area contributed by atoms with E-state index in [1.165, 1.54) is 6.07 Å². The van der Waals surface area contributed by atoms with Crippen molar-refractivity contribution in [2.24, 2.45) is 0 Å². The van der Waals surface area contributed by atoms with Gasteiger partial charge in [-0.15, -0.1) is 11.6 Å². The largest absolute Gasteiger partial charge is 0.507 e. The Kier molecular flexibility index (Phi) is 3.91. The predicted molar refractivity (Wildman–Crippen MR) is 85.8 cm³/mol. The third kappa shape index (κ3) is 2.78. The van der Waals surface area contributed by atoms with Crippen LogP contribution in [-0.2, 0) is 6.42 Å². The van der Waals surface area contributed by atoms with E-state index in [9.17, 15) is 9.90 Å². The maximum Gasteiger partial charge on any atom is 0.255 e. The quantitative estimate of drug-likeness (QED) is 0.795. The van der Waals surface area contributed by atoms with Crippen molar-refractivity contribution in [3.63, 3.8) is 0 Å². The highest BCUT2D eigenvalue weighted by atomic mass is 79.9. The Bertz CT molecular complexity index is 704. The van der Waals surface area contributed by atoms with Crippen molar-refractivity contribution in [3.8, 4) is 5.75 Å². The lowest BCUT2D eigenvalue weighted by Gasteiger charge is -2.18. The van der Waals surface area contributed by atoms with Crippen LogP contribution in [0.4, 0.5) is 0 Å². The topological polar surface area (TPSA) is 49.3 Å². The highest BCUT2D eigenvalue weighted by molar-refractivity contribution is 9.10. The summed E-state index contributed by atoms with van der Waals surface area (Å²) in [7, 11) is 0. The van der Waals surface area contributed by atoms with Crippen LogP contribution in [0.3, 0.4) is 0 Å². The van der Waals surface area contributed by atoms with Crippen molar-refractivity contribution in [2.45, 2.75) is 17.8 Å². The van der Waals surface area contributed by atoms with Crippen molar-refractivity contribution < 1.29 is 9.90 Å². The zero-order chi connectivity index (χ0) is 15.0. The zero-order valence-corrected chi connectivity index (χ0v) is 13.4. The molecule has 108 valence electrons. The number of halogens is 2. The van der Waals surface area contributed by atoms with E-state index >= 15 is 0 Å². The Morgan fingerprint density at radius 2 is 2.05 bits per heavy atom. The first kappa shape index (κ1) is 14.4. The third-order valence-corrected chi connectivity index (χ3v) is 4.56. The first-order valence-corrected chi connectivity index (χ1v) is 7.80. The summed E-state index contributed by atoms with van der Waals surface area (Å²) < 4.78 is 0.720. The molecule has 0 bridgehead atoms. The molecule has 0 fully saturated rings. The van der Waals surface area contributed by atoms with Crippen molar-refractivity contribution >= 4 is 33.4 Å². The van der Waals surface area contributed by atoms with E-state index in [0.29, 0.717) is 0 Å². The van der Waals surface area contributed by atoms with Crippen LogP contribution in [0.1, 0.15) is 27.5 Å². The SMILES string of the molecule is O=C(NC1c2ccccc2CC1Cl)c1ccc(Br)cc1O. The molecule has 1 amide bonds. The van der Waals surface area contributed by atoms with Crippen LogP contribution >= 0.6 is 27.5 Å². The Morgan fingerprint density at radius 3 is 2.81 bits per heavy atom. The number of carbonyl (C=O) groups is 1. The van der Waals surface area contributed by atoms with E-state index in [-0.39, 0.29) is 28.6 Å². The average molecular weight is 367 g/mol. The molecule has 0 saturated heterocycles. The highest BCUT2D eigenvalue weighted by Crippen LogP contribution is 2.35. The molecule has 3 rings (SSSR count). The fraction of sp³-hybridized carbons (Fsp3) is 0.188. The second-order valence-electron chi connectivity index (χ2n) is 5.03. The van der Waals surface area contributed by atoms with Crippen molar-refractivity contribution in [1.82, 2.24) is 5.32 Å². The number of alkyl halides is 1. The van der Waals surface area contributed by atoms with Gasteiger partial charge in [0.15, 0.2) is 0 Å². The van der Waals surface area contributed by atoms with Gasteiger partial charge in [0.2, 0.25) is 0 Å². The number of rotatable bonds is 2. The van der Waals surface area contributed by atoms with Crippen LogP contribution in [0.15, 0.2) is 46.9 Å². The molecule has 2 aromatic rings. The molecule has 0 spiro atoms. The van der Waals surface area contributed by atoms with Crippen LogP contribution in [0, 0.1) is 0 Å². The number of aromatic hydroxyl groups is 1. The lowest BCUT2D eigenvalue weighted by Crippen LogP contribution is -2.31. The minimum Gasteiger partial charge on any atom is -0.507 e. The molecule has 1 aliphatic carbocycles. The van der Waals surface area contributed by atoms with E-state index in [2.05, 4.69) is 21.2 Å². The van der Waals surface area contributed by atoms with E-state index in [1.54, 1.807) is 12.1 Å². The summed E-state index contributed by atoms with van der Waals surface area (Å²) in [5.74, 6) is -0.383. The first-order valence-electron chi connectivity index (χ1n) is 6.57. The van der Waals surface area contributed by atoms with Gasteiger partial charge >= 0.3 is 0 Å². The molecule has 2 atom stereocenters. The number of phenols is 1. The van der Waals surface area contributed by atoms with Gasteiger partial charge in [-0.1, -0.05) is 40.2 Å². The fourth-order valence-electron chi connectivity index (χ4n) is 2.63. The first-order chi connectivity index (χ1) is 10.1. The Balaban J connectivity index is 1.85. The number of amides is 1. The minimum atomic E-state index is -0.327. The maximum atomic E-state index is 12.3. The molecular formula is C16H13BrClNO2. The molecule has 5 heteroatoms. The van der Waals surface area contributed by atoms with Gasteiger partial charge in [-0.25, -0.2) is 0 Å². The molecule has 21 heavy (non-hydrogen) atoms. The number of benzene rings is 2. The van der Waals surface area contributed by atoms with Gasteiger partial charge in [0.05, 0.1) is 17.0 Å². The zero-order valence-electron chi connectivity index (χ0n) is 11.0. The molecule has 2 unspecified atom stereocenters. The van der Waals surface area contributed by atoms with Gasteiger partial charge in [-0.2, -0.15) is 0 Å². The molecule has 3 nitrogen and oxygen atoms in total. The van der Waals surface area contributed by atoms with Gasteiger partial charge in [-0.05, 0) is 35.7 Å². The number of phenolic OH excluding ortho intramolecular Hbond substituents is 1. The van der Waals surface area contributed by atoms with Crippen LogP contribution in [0.5, 0.6) is 5.75 Å². The van der Waals surface area contributed by atoms with E-state index < -0.39 is 0 Å². The molecule has 2 aromatic carbocycles. The van der Waals surface area contributed by atoms with Crippen LogP contribution in [0.25, 0.3) is 0 Å². The Hall–Kier alpha value is -1.52. The number of fused-ring (bicyclic) bond motifs is 1. The standard InChI is InChI=1S/C16H13BrClNO2/c17-10-5-6-12(14(20)8-10)16(21)19-15-11-4-2-1-3-9(11)7-13(15)18/h1-6,8,13,15,20H,7H2,(H,19,21). The maximum absolute atomic E-state index is 12.3. The summed E-state index contributed by atoms with van der Waals surface area (Å²) in [5.41, 5.74) is 2.44. The Morgan fingerprint density at radius 1 is 1.29 bits per heavy atom. The lowest BCUT2D eigenvalue weighted by molar-refractivity contribution is 0.0934. The molecule has 0 heterocycles. The average Bonchev–Trinajstić information content (AvgIpc) is 2.75. The summed E-state index contributed by atoms with van der Waals surface area (Å²) in [5, 5.41) is 12.6. The molecular weight excluding hydrogens is 354 g/mol. The van der Waals surface area contributed by atoms with Gasteiger partial charge in [0.25, 0.3) is 5.91 Å². The summed E-state index contributed by atoms with van der Waals surface area (Å²) in [6.07, 6.45) is 0.731. The van der Waals surface area contributed by atoms with Gasteiger partial charge in [0.1, 0.15) is 5.75 Å². The Labute approximate surface area is 136 Å². The number of hydrogen-bond donors (Lipinski definition) is 2. The normalized spacial score (nSPS) is 20.1. The molecule has 2 N–H and O–H groups in total. The summed E-state index contributed by atoms with van der Waals surface area (Å²) in [4.78, 5) is 12.3. The lowest BCUT2D eigenvalue weighted by atomic mass is 10.1. The molecule has 0 radical (unpaired) electrons. The van der Waals surface area contributed by atoms with Crippen molar-refractivity contribution in [3.05, 3.63) is 63.6 Å². The fourth-order valence-corrected chi connectivity index (χ4v) is 3.34. The highest BCUT2D eigenvalue weighted by Gasteiger charge is 2.32. The van der Waals surface area contributed by atoms with E-state index in [4.69, 9.17) is 11.6 Å². The number of nitrogens with one attached hydrogen (secondary N) is 1. The van der Waals surface area contributed by atoms with Crippen LogP contribution in [0.2, 0.25) is 0 Å².